The molecule has 0 aliphatic heterocycles. The Hall–Kier alpha value is -3.38. The molecule has 162 valence electrons. The quantitative estimate of drug-likeness (QED) is 0.533. The number of hydrogen-bond acceptors (Lipinski definition) is 4. The van der Waals surface area contributed by atoms with Gasteiger partial charge in [-0.05, 0) is 48.0 Å². The summed E-state index contributed by atoms with van der Waals surface area (Å²) in [6.07, 6.45) is 0. The number of methoxy groups -OCH3 is 1. The van der Waals surface area contributed by atoms with Gasteiger partial charge in [-0.3, -0.25) is 9.69 Å². The Morgan fingerprint density at radius 1 is 0.935 bits per heavy atom. The number of amides is 1. The van der Waals surface area contributed by atoms with Gasteiger partial charge in [-0.2, -0.15) is 0 Å². The molecule has 3 aromatic rings. The second-order valence-electron chi connectivity index (χ2n) is 7.34. The van der Waals surface area contributed by atoms with Crippen molar-refractivity contribution in [2.24, 2.45) is 0 Å². The molecule has 0 atom stereocenters. The van der Waals surface area contributed by atoms with Gasteiger partial charge in [0.15, 0.2) is 11.5 Å². The summed E-state index contributed by atoms with van der Waals surface area (Å²) in [5, 5.41) is 2.90. The van der Waals surface area contributed by atoms with E-state index in [-0.39, 0.29) is 18.3 Å². The molecule has 0 heterocycles. The van der Waals surface area contributed by atoms with Crippen LogP contribution >= 0.6 is 0 Å². The van der Waals surface area contributed by atoms with Crippen LogP contribution < -0.4 is 14.8 Å². The summed E-state index contributed by atoms with van der Waals surface area (Å²) in [5.41, 5.74) is 2.81. The largest absolute Gasteiger partial charge is 0.493 e. The first-order valence-corrected chi connectivity index (χ1v) is 10.1. The van der Waals surface area contributed by atoms with Crippen LogP contribution in [0, 0.1) is 5.82 Å². The maximum Gasteiger partial charge on any atom is 0.234 e. The van der Waals surface area contributed by atoms with Crippen LogP contribution in [0.5, 0.6) is 11.5 Å². The highest BCUT2D eigenvalue weighted by molar-refractivity contribution is 5.78. The molecule has 1 N–H and O–H groups in total. The van der Waals surface area contributed by atoms with Crippen LogP contribution in [0.15, 0.2) is 72.8 Å². The first-order valence-electron chi connectivity index (χ1n) is 10.1. The average molecular weight is 423 g/mol. The van der Waals surface area contributed by atoms with Gasteiger partial charge in [0.25, 0.3) is 0 Å². The van der Waals surface area contributed by atoms with Crippen molar-refractivity contribution >= 4 is 5.91 Å². The maximum absolute atomic E-state index is 13.3. The minimum atomic E-state index is -0.277. The van der Waals surface area contributed by atoms with E-state index in [0.717, 1.165) is 16.7 Å². The maximum atomic E-state index is 13.3. The van der Waals surface area contributed by atoms with Gasteiger partial charge in [-0.25, -0.2) is 4.39 Å². The van der Waals surface area contributed by atoms with Crippen LogP contribution in [-0.2, 0) is 24.5 Å². The summed E-state index contributed by atoms with van der Waals surface area (Å²) in [5.74, 6) is 0.880. The van der Waals surface area contributed by atoms with E-state index in [0.29, 0.717) is 31.2 Å². The van der Waals surface area contributed by atoms with Crippen molar-refractivity contribution in [3.8, 4) is 11.5 Å². The minimum absolute atomic E-state index is 0.109. The molecule has 3 rings (SSSR count). The van der Waals surface area contributed by atoms with Crippen LogP contribution in [0.4, 0.5) is 4.39 Å². The highest BCUT2D eigenvalue weighted by atomic mass is 19.1. The Kier molecular flexibility index (Phi) is 8.01. The van der Waals surface area contributed by atoms with Crippen LogP contribution in [0.25, 0.3) is 0 Å². The Morgan fingerprint density at radius 2 is 1.71 bits per heavy atom. The normalized spacial score (nSPS) is 10.7. The Balaban J connectivity index is 1.49. The highest BCUT2D eigenvalue weighted by Gasteiger charge is 2.10. The first-order chi connectivity index (χ1) is 15.0. The Labute approximate surface area is 182 Å². The van der Waals surface area contributed by atoms with Gasteiger partial charge in [0.2, 0.25) is 5.91 Å². The molecule has 1 amide bonds. The molecule has 0 aromatic heterocycles. The molecule has 0 aliphatic rings. The van der Waals surface area contributed by atoms with Gasteiger partial charge in [-0.1, -0.05) is 48.5 Å². The lowest BCUT2D eigenvalue weighted by Crippen LogP contribution is -2.34. The number of nitrogens with zero attached hydrogens (tertiary/aromatic N) is 1. The Morgan fingerprint density at radius 3 is 2.45 bits per heavy atom. The van der Waals surface area contributed by atoms with E-state index in [9.17, 15) is 9.18 Å². The van der Waals surface area contributed by atoms with E-state index in [1.165, 1.54) is 12.1 Å². The van der Waals surface area contributed by atoms with Gasteiger partial charge in [0, 0.05) is 13.1 Å². The summed E-state index contributed by atoms with van der Waals surface area (Å²) in [7, 11) is 3.42. The zero-order valence-electron chi connectivity index (χ0n) is 17.8. The lowest BCUT2D eigenvalue weighted by atomic mass is 10.2. The number of carbonyl (C=O) groups is 1. The topological polar surface area (TPSA) is 50.8 Å². The third kappa shape index (κ3) is 7.12. The fraction of sp³-hybridized carbons (Fsp3) is 0.240. The molecule has 0 aliphatic carbocycles. The van der Waals surface area contributed by atoms with E-state index in [4.69, 9.17) is 9.47 Å². The number of carbonyl (C=O) groups excluding carboxylic acids is 1. The predicted octanol–water partition coefficient (Wildman–Crippen LogP) is 4.16. The second kappa shape index (κ2) is 11.1. The Bertz CT molecular complexity index is 995. The lowest BCUT2D eigenvalue weighted by Gasteiger charge is -2.17. The number of nitrogens with one attached hydrogen (secondary N) is 1. The first kappa shape index (κ1) is 22.3. The zero-order valence-corrected chi connectivity index (χ0v) is 17.8. The number of ether oxygens (including phenoxy) is 2. The number of benzene rings is 3. The average Bonchev–Trinajstić information content (AvgIpc) is 2.77. The van der Waals surface area contributed by atoms with Crippen LogP contribution in [0.3, 0.4) is 0 Å². The minimum Gasteiger partial charge on any atom is -0.493 e. The van der Waals surface area contributed by atoms with Gasteiger partial charge >= 0.3 is 0 Å². The summed E-state index contributed by atoms with van der Waals surface area (Å²) < 4.78 is 24.6. The predicted molar refractivity (Wildman–Crippen MR) is 118 cm³/mol. The molecular formula is C25H27FN2O3. The van der Waals surface area contributed by atoms with E-state index >= 15 is 0 Å². The van der Waals surface area contributed by atoms with E-state index in [1.54, 1.807) is 13.2 Å². The van der Waals surface area contributed by atoms with Crippen LogP contribution in [-0.4, -0.2) is 31.5 Å². The number of halogens is 1. The lowest BCUT2D eigenvalue weighted by molar-refractivity contribution is -0.122. The molecule has 0 radical (unpaired) electrons. The van der Waals surface area contributed by atoms with Crippen molar-refractivity contribution in [2.45, 2.75) is 19.7 Å². The van der Waals surface area contributed by atoms with Crippen molar-refractivity contribution in [3.05, 3.63) is 95.3 Å². The molecule has 3 aromatic carbocycles. The SMILES string of the molecule is COc1cc(CNC(=O)CN(C)Cc2cccc(F)c2)ccc1OCc1ccccc1. The zero-order chi connectivity index (χ0) is 22.1. The second-order valence-corrected chi connectivity index (χ2v) is 7.34. The standard InChI is InChI=1S/C25H27FN2O3/c1-28(16-21-9-6-10-22(26)13-21)17-25(29)27-15-20-11-12-23(24(14-20)30-2)31-18-19-7-4-3-5-8-19/h3-14H,15-18H2,1-2H3,(H,27,29). The number of hydrogen-bond donors (Lipinski definition) is 1. The number of likely N-dealkylation sites (N-methyl/N-ethyl adjacent to an activating group) is 1. The van der Waals surface area contributed by atoms with Gasteiger partial charge in [0.1, 0.15) is 12.4 Å². The molecule has 6 heteroatoms. The van der Waals surface area contributed by atoms with E-state index < -0.39 is 0 Å². The molecule has 0 saturated heterocycles. The summed E-state index contributed by atoms with van der Waals surface area (Å²) >= 11 is 0. The highest BCUT2D eigenvalue weighted by Crippen LogP contribution is 2.28. The monoisotopic (exact) mass is 422 g/mol. The van der Waals surface area contributed by atoms with E-state index in [2.05, 4.69) is 5.32 Å². The molecule has 0 saturated carbocycles. The molecule has 0 bridgehead atoms. The number of rotatable bonds is 10. The summed E-state index contributed by atoms with van der Waals surface area (Å²) in [6, 6.07) is 21.9. The van der Waals surface area contributed by atoms with Crippen molar-refractivity contribution in [2.75, 3.05) is 20.7 Å². The van der Waals surface area contributed by atoms with Gasteiger partial charge in [-0.15, -0.1) is 0 Å². The van der Waals surface area contributed by atoms with Crippen molar-refractivity contribution in [1.82, 2.24) is 10.2 Å². The van der Waals surface area contributed by atoms with Crippen molar-refractivity contribution in [1.29, 1.82) is 0 Å². The van der Waals surface area contributed by atoms with Crippen LogP contribution in [0.2, 0.25) is 0 Å². The van der Waals surface area contributed by atoms with E-state index in [1.807, 2.05) is 66.5 Å². The fourth-order valence-electron chi connectivity index (χ4n) is 3.18. The van der Waals surface area contributed by atoms with Gasteiger partial charge < -0.3 is 14.8 Å². The molecule has 0 unspecified atom stereocenters. The molecule has 0 fully saturated rings. The summed E-state index contributed by atoms with van der Waals surface area (Å²) in [6.45, 7) is 1.53. The molecule has 31 heavy (non-hydrogen) atoms. The smallest absolute Gasteiger partial charge is 0.234 e. The van der Waals surface area contributed by atoms with Crippen molar-refractivity contribution in [3.63, 3.8) is 0 Å². The molecule has 0 spiro atoms. The van der Waals surface area contributed by atoms with Crippen molar-refractivity contribution < 1.29 is 18.7 Å². The molecular weight excluding hydrogens is 395 g/mol. The van der Waals surface area contributed by atoms with Gasteiger partial charge in [0.05, 0.1) is 13.7 Å². The summed E-state index contributed by atoms with van der Waals surface area (Å²) in [4.78, 5) is 14.1. The third-order valence-electron chi connectivity index (χ3n) is 4.71. The van der Waals surface area contributed by atoms with Crippen LogP contribution in [0.1, 0.15) is 16.7 Å². The third-order valence-corrected chi connectivity index (χ3v) is 4.71. The fourth-order valence-corrected chi connectivity index (χ4v) is 3.18. The molecule has 5 nitrogen and oxygen atoms in total.